The third-order valence-electron chi connectivity index (χ3n) is 6.28. The molecule has 29 heavy (non-hydrogen) atoms. The Morgan fingerprint density at radius 1 is 1.21 bits per heavy atom. The number of fused-ring (bicyclic) bond motifs is 1. The minimum atomic E-state index is -0.0271. The number of nitrogens with one attached hydrogen (secondary N) is 1. The second kappa shape index (κ2) is 8.19. The van der Waals surface area contributed by atoms with Gasteiger partial charge in [-0.2, -0.15) is 0 Å². The van der Waals surface area contributed by atoms with Crippen molar-refractivity contribution >= 4 is 11.9 Å². The number of amides is 1. The van der Waals surface area contributed by atoms with E-state index in [1.165, 1.54) is 0 Å². The van der Waals surface area contributed by atoms with Crippen molar-refractivity contribution in [2.75, 3.05) is 31.2 Å². The van der Waals surface area contributed by atoms with Crippen molar-refractivity contribution in [1.82, 2.24) is 15.3 Å². The molecule has 7 nitrogen and oxygen atoms in total. The van der Waals surface area contributed by atoms with E-state index in [0.717, 1.165) is 56.0 Å². The van der Waals surface area contributed by atoms with Crippen LogP contribution in [0.15, 0.2) is 6.20 Å². The highest BCUT2D eigenvalue weighted by molar-refractivity contribution is 5.79. The van der Waals surface area contributed by atoms with Gasteiger partial charge in [0.15, 0.2) is 0 Å². The van der Waals surface area contributed by atoms with Crippen LogP contribution in [0.3, 0.4) is 0 Å². The zero-order chi connectivity index (χ0) is 20.6. The van der Waals surface area contributed by atoms with Crippen molar-refractivity contribution < 1.29 is 14.3 Å². The van der Waals surface area contributed by atoms with Gasteiger partial charge in [-0.15, -0.1) is 0 Å². The third-order valence-corrected chi connectivity index (χ3v) is 6.28. The Morgan fingerprint density at radius 3 is 2.59 bits per heavy atom. The standard InChI is InChI=1S/C22H34N4O3/c1-14-12-26(13-15(2)29-14)21-23-11-17-18(9-22(3,4)10-19(17)25-21)24-20(27)16-5-7-28-8-6-16/h11,14-16,18H,5-10,12-13H2,1-4H3,(H,24,27). The molecule has 1 aromatic heterocycles. The number of morpholine rings is 1. The van der Waals surface area contributed by atoms with E-state index >= 15 is 0 Å². The van der Waals surface area contributed by atoms with E-state index in [-0.39, 0.29) is 35.5 Å². The summed E-state index contributed by atoms with van der Waals surface area (Å²) in [4.78, 5) is 24.7. The molecule has 2 aliphatic heterocycles. The predicted molar refractivity (Wildman–Crippen MR) is 111 cm³/mol. The number of anilines is 1. The van der Waals surface area contributed by atoms with Crippen LogP contribution in [0, 0.1) is 11.3 Å². The van der Waals surface area contributed by atoms with Gasteiger partial charge in [0.05, 0.1) is 23.9 Å². The quantitative estimate of drug-likeness (QED) is 0.838. The summed E-state index contributed by atoms with van der Waals surface area (Å²) in [5.41, 5.74) is 2.22. The predicted octanol–water partition coefficient (Wildman–Crippen LogP) is 2.65. The fourth-order valence-electron chi connectivity index (χ4n) is 4.91. The van der Waals surface area contributed by atoms with Crippen LogP contribution < -0.4 is 10.2 Å². The van der Waals surface area contributed by atoms with Crippen molar-refractivity contribution in [3.05, 3.63) is 17.5 Å². The van der Waals surface area contributed by atoms with Crippen molar-refractivity contribution in [2.24, 2.45) is 11.3 Å². The highest BCUT2D eigenvalue weighted by atomic mass is 16.5. The van der Waals surface area contributed by atoms with Gasteiger partial charge in [-0.3, -0.25) is 4.79 Å². The molecule has 3 aliphatic rings. The normalized spacial score (nSPS) is 29.9. The maximum atomic E-state index is 12.8. The molecular formula is C22H34N4O3. The average Bonchev–Trinajstić information content (AvgIpc) is 2.66. The Bertz CT molecular complexity index is 738. The Balaban J connectivity index is 1.55. The molecule has 3 heterocycles. The lowest BCUT2D eigenvalue weighted by atomic mass is 9.74. The van der Waals surface area contributed by atoms with Crippen LogP contribution in [0.1, 0.15) is 64.3 Å². The first-order valence-corrected chi connectivity index (χ1v) is 10.9. The van der Waals surface area contributed by atoms with Gasteiger partial charge in [-0.1, -0.05) is 13.8 Å². The smallest absolute Gasteiger partial charge is 0.225 e. The Kier molecular flexibility index (Phi) is 5.80. The van der Waals surface area contributed by atoms with Gasteiger partial charge >= 0.3 is 0 Å². The Labute approximate surface area is 173 Å². The molecule has 2 fully saturated rings. The summed E-state index contributed by atoms with van der Waals surface area (Å²) >= 11 is 0. The van der Waals surface area contributed by atoms with Crippen LogP contribution in [-0.4, -0.2) is 54.4 Å². The molecule has 0 saturated carbocycles. The lowest BCUT2D eigenvalue weighted by Crippen LogP contribution is -2.46. The molecule has 160 valence electrons. The molecule has 0 bridgehead atoms. The van der Waals surface area contributed by atoms with E-state index in [4.69, 9.17) is 19.4 Å². The molecule has 4 rings (SSSR count). The molecule has 1 N–H and O–H groups in total. The molecule has 7 heteroatoms. The zero-order valence-corrected chi connectivity index (χ0v) is 18.1. The van der Waals surface area contributed by atoms with Crippen molar-refractivity contribution in [1.29, 1.82) is 0 Å². The fraction of sp³-hybridized carbons (Fsp3) is 0.773. The zero-order valence-electron chi connectivity index (χ0n) is 18.1. The first-order valence-electron chi connectivity index (χ1n) is 10.9. The first kappa shape index (κ1) is 20.5. The SMILES string of the molecule is CC1CN(c2ncc3c(n2)CC(C)(C)CC3NC(=O)C2CCOCC2)CC(C)O1. The molecular weight excluding hydrogens is 368 g/mol. The molecule has 3 atom stereocenters. The summed E-state index contributed by atoms with van der Waals surface area (Å²) in [6.07, 6.45) is 5.69. The van der Waals surface area contributed by atoms with Crippen LogP contribution in [0.5, 0.6) is 0 Å². The highest BCUT2D eigenvalue weighted by Gasteiger charge is 2.36. The second-order valence-electron chi connectivity index (χ2n) is 9.73. The van der Waals surface area contributed by atoms with Gasteiger partial charge in [-0.05, 0) is 44.9 Å². The molecule has 1 amide bonds. The van der Waals surface area contributed by atoms with Gasteiger partial charge < -0.3 is 19.7 Å². The first-order chi connectivity index (χ1) is 13.8. The lowest BCUT2D eigenvalue weighted by Gasteiger charge is -2.39. The summed E-state index contributed by atoms with van der Waals surface area (Å²) < 4.78 is 11.2. The summed E-state index contributed by atoms with van der Waals surface area (Å²) in [7, 11) is 0. The maximum absolute atomic E-state index is 12.8. The van der Waals surface area contributed by atoms with Crippen LogP contribution in [0.25, 0.3) is 0 Å². The number of hydrogen-bond acceptors (Lipinski definition) is 6. The van der Waals surface area contributed by atoms with Crippen LogP contribution >= 0.6 is 0 Å². The van der Waals surface area contributed by atoms with E-state index in [9.17, 15) is 4.79 Å². The minimum absolute atomic E-state index is 0.0271. The maximum Gasteiger partial charge on any atom is 0.225 e. The summed E-state index contributed by atoms with van der Waals surface area (Å²) in [5.74, 6) is 0.966. The Morgan fingerprint density at radius 2 is 1.90 bits per heavy atom. The molecule has 1 aliphatic carbocycles. The number of carbonyl (C=O) groups excluding carboxylic acids is 1. The average molecular weight is 403 g/mol. The van der Waals surface area contributed by atoms with E-state index in [0.29, 0.717) is 13.2 Å². The summed E-state index contributed by atoms with van der Waals surface area (Å²) in [6, 6.07) is -0.0271. The van der Waals surface area contributed by atoms with Gasteiger partial charge in [-0.25, -0.2) is 9.97 Å². The molecule has 0 radical (unpaired) electrons. The van der Waals surface area contributed by atoms with Crippen LogP contribution in [0.2, 0.25) is 0 Å². The second-order valence-corrected chi connectivity index (χ2v) is 9.73. The number of nitrogens with zero attached hydrogens (tertiary/aromatic N) is 3. The largest absolute Gasteiger partial charge is 0.381 e. The van der Waals surface area contributed by atoms with Gasteiger partial charge in [0.25, 0.3) is 0 Å². The van der Waals surface area contributed by atoms with E-state index in [2.05, 4.69) is 37.9 Å². The fourth-order valence-corrected chi connectivity index (χ4v) is 4.91. The van der Waals surface area contributed by atoms with E-state index < -0.39 is 0 Å². The van der Waals surface area contributed by atoms with Crippen molar-refractivity contribution in [2.45, 2.75) is 71.6 Å². The molecule has 2 saturated heterocycles. The summed E-state index contributed by atoms with van der Waals surface area (Å²) in [6.45, 7) is 11.6. The monoisotopic (exact) mass is 402 g/mol. The topological polar surface area (TPSA) is 76.6 Å². The van der Waals surface area contributed by atoms with Gasteiger partial charge in [0.1, 0.15) is 0 Å². The molecule has 0 aromatic carbocycles. The van der Waals surface area contributed by atoms with Crippen LogP contribution in [-0.2, 0) is 20.7 Å². The molecule has 0 spiro atoms. The number of rotatable bonds is 3. The van der Waals surface area contributed by atoms with E-state index in [1.807, 2.05) is 6.20 Å². The van der Waals surface area contributed by atoms with Crippen LogP contribution in [0.4, 0.5) is 5.95 Å². The van der Waals surface area contributed by atoms with Gasteiger partial charge in [0, 0.05) is 44.0 Å². The molecule has 1 aromatic rings. The molecule has 3 unspecified atom stereocenters. The van der Waals surface area contributed by atoms with Gasteiger partial charge in [0.2, 0.25) is 11.9 Å². The Hall–Kier alpha value is -1.73. The number of hydrogen-bond donors (Lipinski definition) is 1. The summed E-state index contributed by atoms with van der Waals surface area (Å²) in [5, 5.41) is 3.31. The number of aromatic nitrogens is 2. The number of ether oxygens (including phenoxy) is 2. The van der Waals surface area contributed by atoms with Crippen molar-refractivity contribution in [3.8, 4) is 0 Å². The minimum Gasteiger partial charge on any atom is -0.381 e. The third kappa shape index (κ3) is 4.72. The number of carbonyl (C=O) groups is 1. The van der Waals surface area contributed by atoms with Crippen molar-refractivity contribution in [3.63, 3.8) is 0 Å². The van der Waals surface area contributed by atoms with E-state index in [1.54, 1.807) is 0 Å². The highest BCUT2D eigenvalue weighted by Crippen LogP contribution is 2.40. The lowest BCUT2D eigenvalue weighted by molar-refractivity contribution is -0.128.